The minimum absolute atomic E-state index is 0.529. The van der Waals surface area contributed by atoms with Gasteiger partial charge in [0, 0.05) is 36.8 Å². The van der Waals surface area contributed by atoms with Gasteiger partial charge in [0.15, 0.2) is 0 Å². The summed E-state index contributed by atoms with van der Waals surface area (Å²) in [6.07, 6.45) is 2.17. The van der Waals surface area contributed by atoms with E-state index in [9.17, 15) is 0 Å². The van der Waals surface area contributed by atoms with E-state index in [1.54, 1.807) is 0 Å². The van der Waals surface area contributed by atoms with Crippen LogP contribution in [0.1, 0.15) is 35.8 Å². The van der Waals surface area contributed by atoms with Crippen LogP contribution in [0, 0.1) is 0 Å². The molecule has 0 saturated carbocycles. The molecule has 16 heavy (non-hydrogen) atoms. The van der Waals surface area contributed by atoms with E-state index in [1.807, 2.05) is 11.8 Å². The Labute approximate surface area is 99.5 Å². The molecule has 0 aromatic carbocycles. The Bertz CT molecular complexity index is 385. The maximum atomic E-state index is 5.76. The number of ether oxygens (including phenoxy) is 1. The average Bonchev–Trinajstić information content (AvgIpc) is 2.91. The molecule has 0 radical (unpaired) electrons. The number of thioether (sulfide) groups is 1. The summed E-state index contributed by atoms with van der Waals surface area (Å²) in [6.45, 7) is 2.30. The molecule has 0 atom stereocenters. The van der Waals surface area contributed by atoms with Crippen LogP contribution < -0.4 is 5.73 Å². The van der Waals surface area contributed by atoms with Gasteiger partial charge < -0.3 is 10.5 Å². The molecule has 3 heterocycles. The summed E-state index contributed by atoms with van der Waals surface area (Å²) in [5, 5.41) is 4.70. The summed E-state index contributed by atoms with van der Waals surface area (Å²) >= 11 is 1.97. The zero-order valence-corrected chi connectivity index (χ0v) is 10.1. The fourth-order valence-electron chi connectivity index (χ4n) is 2.52. The SMILES string of the molecule is NCc1nn(C2CCOCC2)c2c1CSC2. The summed E-state index contributed by atoms with van der Waals surface area (Å²) in [5.41, 5.74) is 9.68. The van der Waals surface area contributed by atoms with E-state index in [-0.39, 0.29) is 0 Å². The topological polar surface area (TPSA) is 53.1 Å². The Kier molecular flexibility index (Phi) is 2.91. The summed E-state index contributed by atoms with van der Waals surface area (Å²) < 4.78 is 7.64. The average molecular weight is 239 g/mol. The van der Waals surface area contributed by atoms with Gasteiger partial charge in [-0.2, -0.15) is 16.9 Å². The molecule has 0 aliphatic carbocycles. The van der Waals surface area contributed by atoms with Crippen molar-refractivity contribution < 1.29 is 4.74 Å². The van der Waals surface area contributed by atoms with Gasteiger partial charge in [0.1, 0.15) is 0 Å². The van der Waals surface area contributed by atoms with Crippen molar-refractivity contribution in [2.24, 2.45) is 5.73 Å². The molecule has 0 bridgehead atoms. The highest BCUT2D eigenvalue weighted by molar-refractivity contribution is 7.98. The number of hydrogen-bond acceptors (Lipinski definition) is 4. The first-order chi connectivity index (χ1) is 7.90. The first-order valence-corrected chi connectivity index (χ1v) is 7.00. The lowest BCUT2D eigenvalue weighted by Crippen LogP contribution is -2.22. The molecular weight excluding hydrogens is 222 g/mol. The van der Waals surface area contributed by atoms with Gasteiger partial charge in [0.2, 0.25) is 0 Å². The minimum Gasteiger partial charge on any atom is -0.381 e. The Hall–Kier alpha value is -0.520. The third kappa shape index (κ3) is 1.67. The maximum absolute atomic E-state index is 5.76. The Morgan fingerprint density at radius 3 is 2.94 bits per heavy atom. The quantitative estimate of drug-likeness (QED) is 0.848. The molecular formula is C11H17N3OS. The van der Waals surface area contributed by atoms with Gasteiger partial charge in [-0.25, -0.2) is 0 Å². The molecule has 2 aliphatic heterocycles. The number of nitrogens with zero attached hydrogens (tertiary/aromatic N) is 2. The fraction of sp³-hybridized carbons (Fsp3) is 0.727. The van der Waals surface area contributed by atoms with E-state index in [0.29, 0.717) is 12.6 Å². The highest BCUT2D eigenvalue weighted by atomic mass is 32.2. The van der Waals surface area contributed by atoms with E-state index in [0.717, 1.165) is 43.3 Å². The van der Waals surface area contributed by atoms with Crippen LogP contribution in [-0.2, 0) is 22.8 Å². The molecule has 88 valence electrons. The van der Waals surface area contributed by atoms with Crippen molar-refractivity contribution in [3.05, 3.63) is 17.0 Å². The van der Waals surface area contributed by atoms with Gasteiger partial charge in [-0.15, -0.1) is 0 Å². The normalized spacial score (nSPS) is 21.3. The Balaban J connectivity index is 1.94. The minimum atomic E-state index is 0.529. The van der Waals surface area contributed by atoms with E-state index >= 15 is 0 Å². The zero-order valence-electron chi connectivity index (χ0n) is 9.32. The summed E-state index contributed by atoms with van der Waals surface area (Å²) in [7, 11) is 0. The van der Waals surface area contributed by atoms with Crippen molar-refractivity contribution >= 4 is 11.8 Å². The highest BCUT2D eigenvalue weighted by Gasteiger charge is 2.26. The number of aromatic nitrogens is 2. The van der Waals surface area contributed by atoms with Crippen molar-refractivity contribution in [2.45, 2.75) is 36.9 Å². The number of hydrogen-bond donors (Lipinski definition) is 1. The third-order valence-electron chi connectivity index (χ3n) is 3.42. The molecule has 3 rings (SSSR count). The first-order valence-electron chi connectivity index (χ1n) is 5.85. The lowest BCUT2D eigenvalue weighted by atomic mass is 10.1. The van der Waals surface area contributed by atoms with Gasteiger partial charge in [-0.1, -0.05) is 0 Å². The second-order valence-corrected chi connectivity index (χ2v) is 5.34. The molecule has 0 spiro atoms. The number of fused-ring (bicyclic) bond motifs is 1. The van der Waals surface area contributed by atoms with Crippen LogP contribution in [0.2, 0.25) is 0 Å². The second-order valence-electron chi connectivity index (χ2n) is 4.36. The lowest BCUT2D eigenvalue weighted by Gasteiger charge is -2.23. The van der Waals surface area contributed by atoms with Gasteiger partial charge in [-0.3, -0.25) is 4.68 Å². The summed E-state index contributed by atoms with van der Waals surface area (Å²) in [6, 6.07) is 0.529. The van der Waals surface area contributed by atoms with Gasteiger partial charge >= 0.3 is 0 Å². The van der Waals surface area contributed by atoms with E-state index in [4.69, 9.17) is 15.6 Å². The van der Waals surface area contributed by atoms with E-state index < -0.39 is 0 Å². The van der Waals surface area contributed by atoms with Crippen molar-refractivity contribution in [3.63, 3.8) is 0 Å². The smallest absolute Gasteiger partial charge is 0.0804 e. The largest absolute Gasteiger partial charge is 0.381 e. The molecule has 0 unspecified atom stereocenters. The highest BCUT2D eigenvalue weighted by Crippen LogP contribution is 2.35. The first kappa shape index (κ1) is 10.6. The van der Waals surface area contributed by atoms with E-state index in [1.165, 1.54) is 11.3 Å². The molecule has 4 nitrogen and oxygen atoms in total. The van der Waals surface area contributed by atoms with Gasteiger partial charge in [0.25, 0.3) is 0 Å². The maximum Gasteiger partial charge on any atom is 0.0804 e. The fourth-order valence-corrected chi connectivity index (χ4v) is 3.66. The van der Waals surface area contributed by atoms with Crippen molar-refractivity contribution in [3.8, 4) is 0 Å². The van der Waals surface area contributed by atoms with Gasteiger partial charge in [-0.05, 0) is 12.8 Å². The van der Waals surface area contributed by atoms with Crippen LogP contribution >= 0.6 is 11.8 Å². The lowest BCUT2D eigenvalue weighted by molar-refractivity contribution is 0.0655. The zero-order chi connectivity index (χ0) is 11.0. The molecule has 1 saturated heterocycles. The van der Waals surface area contributed by atoms with E-state index in [2.05, 4.69) is 4.68 Å². The predicted molar refractivity (Wildman–Crippen MR) is 64.2 cm³/mol. The van der Waals surface area contributed by atoms with Crippen LogP contribution in [0.4, 0.5) is 0 Å². The van der Waals surface area contributed by atoms with Crippen LogP contribution in [-0.4, -0.2) is 23.0 Å². The molecule has 1 fully saturated rings. The standard InChI is InChI=1S/C11H17N3OS/c12-5-10-9-6-16-7-11(9)14(13-10)8-1-3-15-4-2-8/h8H,1-7,12H2. The Morgan fingerprint density at radius 2 is 2.19 bits per heavy atom. The molecule has 5 heteroatoms. The molecule has 2 N–H and O–H groups in total. The molecule has 0 amide bonds. The van der Waals surface area contributed by atoms with Crippen molar-refractivity contribution in [1.82, 2.24) is 9.78 Å². The monoisotopic (exact) mass is 239 g/mol. The van der Waals surface area contributed by atoms with Crippen LogP contribution in [0.25, 0.3) is 0 Å². The van der Waals surface area contributed by atoms with Gasteiger partial charge in [0.05, 0.1) is 17.4 Å². The molecule has 2 aliphatic rings. The summed E-state index contributed by atoms with van der Waals surface area (Å²) in [4.78, 5) is 0. The molecule has 1 aromatic heterocycles. The number of rotatable bonds is 2. The summed E-state index contributed by atoms with van der Waals surface area (Å²) in [5.74, 6) is 2.19. The Morgan fingerprint density at radius 1 is 1.38 bits per heavy atom. The van der Waals surface area contributed by atoms with Crippen LogP contribution in [0.3, 0.4) is 0 Å². The van der Waals surface area contributed by atoms with Crippen molar-refractivity contribution in [1.29, 1.82) is 0 Å². The van der Waals surface area contributed by atoms with Crippen LogP contribution in [0.15, 0.2) is 0 Å². The second kappa shape index (κ2) is 4.39. The van der Waals surface area contributed by atoms with Crippen LogP contribution in [0.5, 0.6) is 0 Å². The number of nitrogens with two attached hydrogens (primary N) is 1. The predicted octanol–water partition coefficient (Wildman–Crippen LogP) is 1.44. The molecule has 1 aromatic rings. The third-order valence-corrected chi connectivity index (χ3v) is 4.39. The van der Waals surface area contributed by atoms with Crippen molar-refractivity contribution in [2.75, 3.05) is 13.2 Å².